The zero-order valence-corrected chi connectivity index (χ0v) is 7.93. The number of nitrogen functional groups attached to an aromatic ring is 1. The number of aliphatic hydroxyl groups is 1. The summed E-state index contributed by atoms with van der Waals surface area (Å²) in [6.45, 7) is 0.466. The van der Waals surface area contributed by atoms with E-state index < -0.39 is 0 Å². The van der Waals surface area contributed by atoms with Gasteiger partial charge in [-0.25, -0.2) is 0 Å². The number of nitrogens with zero attached hydrogens (tertiary/aromatic N) is 2. The van der Waals surface area contributed by atoms with E-state index >= 15 is 0 Å². The molecular weight excluding hydrogens is 186 g/mol. The Morgan fingerprint density at radius 1 is 1.43 bits per heavy atom. The maximum atomic E-state index is 8.54. The number of aromatic nitrogens is 2. The van der Waals surface area contributed by atoms with E-state index in [0.29, 0.717) is 24.8 Å². The van der Waals surface area contributed by atoms with Crippen molar-refractivity contribution in [2.75, 3.05) is 26.1 Å². The Morgan fingerprint density at radius 2 is 2.14 bits per heavy atom. The topological polar surface area (TPSA) is 90.5 Å². The predicted octanol–water partition coefficient (Wildman–Crippen LogP) is -0.171. The van der Waals surface area contributed by atoms with Crippen LogP contribution in [0.15, 0.2) is 6.07 Å². The monoisotopic (exact) mass is 199 g/mol. The Hall–Kier alpha value is -1.56. The molecule has 0 unspecified atom stereocenters. The summed E-state index contributed by atoms with van der Waals surface area (Å²) in [5.74, 6) is 0.808. The van der Waals surface area contributed by atoms with Gasteiger partial charge in [0.2, 0.25) is 17.7 Å². The summed E-state index contributed by atoms with van der Waals surface area (Å²) in [5.41, 5.74) is 5.41. The molecule has 14 heavy (non-hydrogen) atoms. The van der Waals surface area contributed by atoms with Crippen LogP contribution in [0.1, 0.15) is 6.42 Å². The van der Waals surface area contributed by atoms with Crippen molar-refractivity contribution in [2.24, 2.45) is 0 Å². The van der Waals surface area contributed by atoms with E-state index in [1.807, 2.05) is 0 Å². The number of anilines is 1. The van der Waals surface area contributed by atoms with Crippen LogP contribution in [0.5, 0.6) is 11.8 Å². The second kappa shape index (κ2) is 5.23. The van der Waals surface area contributed by atoms with E-state index in [-0.39, 0.29) is 12.6 Å². The second-order valence-corrected chi connectivity index (χ2v) is 2.53. The first-order chi connectivity index (χ1) is 6.76. The highest BCUT2D eigenvalue weighted by Gasteiger charge is 2.02. The van der Waals surface area contributed by atoms with Crippen LogP contribution in [-0.2, 0) is 0 Å². The SMILES string of the molecule is COc1cc(OCCCO)nc(N)n1. The molecule has 0 bridgehead atoms. The molecule has 0 radical (unpaired) electrons. The third-order valence-corrected chi connectivity index (χ3v) is 1.46. The van der Waals surface area contributed by atoms with Crippen molar-refractivity contribution in [1.29, 1.82) is 0 Å². The Morgan fingerprint density at radius 3 is 2.79 bits per heavy atom. The van der Waals surface area contributed by atoms with E-state index in [0.717, 1.165) is 0 Å². The molecule has 0 fully saturated rings. The minimum atomic E-state index is 0.0811. The lowest BCUT2D eigenvalue weighted by Gasteiger charge is -2.05. The quantitative estimate of drug-likeness (QED) is 0.640. The largest absolute Gasteiger partial charge is 0.481 e. The van der Waals surface area contributed by atoms with E-state index in [4.69, 9.17) is 20.3 Å². The molecule has 0 aliphatic rings. The summed E-state index contributed by atoms with van der Waals surface area (Å²) < 4.78 is 10.1. The minimum Gasteiger partial charge on any atom is -0.481 e. The first kappa shape index (κ1) is 10.5. The highest BCUT2D eigenvalue weighted by atomic mass is 16.5. The number of rotatable bonds is 5. The highest BCUT2D eigenvalue weighted by Crippen LogP contribution is 2.15. The van der Waals surface area contributed by atoms with Crippen LogP contribution in [0.25, 0.3) is 0 Å². The first-order valence-corrected chi connectivity index (χ1v) is 4.18. The van der Waals surface area contributed by atoms with E-state index in [2.05, 4.69) is 9.97 Å². The van der Waals surface area contributed by atoms with Crippen molar-refractivity contribution in [3.05, 3.63) is 6.07 Å². The molecule has 0 aliphatic heterocycles. The van der Waals surface area contributed by atoms with Crippen LogP contribution in [0, 0.1) is 0 Å². The molecule has 1 heterocycles. The zero-order chi connectivity index (χ0) is 10.4. The molecule has 0 atom stereocenters. The van der Waals surface area contributed by atoms with Crippen molar-refractivity contribution < 1.29 is 14.6 Å². The van der Waals surface area contributed by atoms with E-state index in [1.54, 1.807) is 0 Å². The molecule has 0 aliphatic carbocycles. The molecule has 3 N–H and O–H groups in total. The van der Waals surface area contributed by atoms with Crippen molar-refractivity contribution in [3.63, 3.8) is 0 Å². The van der Waals surface area contributed by atoms with Gasteiger partial charge < -0.3 is 20.3 Å². The van der Waals surface area contributed by atoms with Crippen LogP contribution >= 0.6 is 0 Å². The summed E-state index contributed by atoms with van der Waals surface area (Å²) in [4.78, 5) is 7.63. The molecule has 0 saturated heterocycles. The van der Waals surface area contributed by atoms with Gasteiger partial charge in [0, 0.05) is 13.0 Å². The van der Waals surface area contributed by atoms with Gasteiger partial charge in [-0.1, -0.05) is 0 Å². The number of hydrogen-bond acceptors (Lipinski definition) is 6. The summed E-state index contributed by atoms with van der Waals surface area (Å²) >= 11 is 0. The molecule has 0 aromatic carbocycles. The van der Waals surface area contributed by atoms with Crippen LogP contribution in [0.3, 0.4) is 0 Å². The van der Waals surface area contributed by atoms with Crippen LogP contribution < -0.4 is 15.2 Å². The Balaban J connectivity index is 2.62. The zero-order valence-electron chi connectivity index (χ0n) is 7.93. The van der Waals surface area contributed by atoms with Gasteiger partial charge in [-0.05, 0) is 0 Å². The van der Waals surface area contributed by atoms with E-state index in [9.17, 15) is 0 Å². The molecule has 6 heteroatoms. The minimum absolute atomic E-state index is 0.0811. The fourth-order valence-electron chi connectivity index (χ4n) is 0.841. The number of methoxy groups -OCH3 is 1. The molecule has 6 nitrogen and oxygen atoms in total. The molecule has 1 aromatic heterocycles. The van der Waals surface area contributed by atoms with Crippen molar-refractivity contribution in [1.82, 2.24) is 9.97 Å². The smallest absolute Gasteiger partial charge is 0.226 e. The molecule has 78 valence electrons. The Kier molecular flexibility index (Phi) is 3.93. The lowest BCUT2D eigenvalue weighted by molar-refractivity contribution is 0.228. The summed E-state index contributed by atoms with van der Waals surface area (Å²) in [7, 11) is 1.49. The highest BCUT2D eigenvalue weighted by molar-refractivity contribution is 5.29. The van der Waals surface area contributed by atoms with Gasteiger partial charge in [-0.2, -0.15) is 9.97 Å². The Labute approximate surface area is 81.7 Å². The normalized spacial score (nSPS) is 9.86. The third-order valence-electron chi connectivity index (χ3n) is 1.46. The molecule has 1 aromatic rings. The van der Waals surface area contributed by atoms with Gasteiger partial charge in [0.05, 0.1) is 19.8 Å². The molecule has 1 rings (SSSR count). The molecule has 0 saturated carbocycles. The van der Waals surface area contributed by atoms with Crippen molar-refractivity contribution in [2.45, 2.75) is 6.42 Å². The lowest BCUT2D eigenvalue weighted by atomic mass is 10.5. The predicted molar refractivity (Wildman–Crippen MR) is 50.2 cm³/mol. The average Bonchev–Trinajstić information content (AvgIpc) is 2.17. The first-order valence-electron chi connectivity index (χ1n) is 4.18. The maximum Gasteiger partial charge on any atom is 0.226 e. The fourth-order valence-corrected chi connectivity index (χ4v) is 0.841. The fraction of sp³-hybridized carbons (Fsp3) is 0.500. The summed E-state index contributed by atoms with van der Waals surface area (Å²) in [5, 5.41) is 8.54. The van der Waals surface area contributed by atoms with Gasteiger partial charge in [-0.15, -0.1) is 0 Å². The van der Waals surface area contributed by atoms with Crippen molar-refractivity contribution in [3.8, 4) is 11.8 Å². The second-order valence-electron chi connectivity index (χ2n) is 2.53. The Bertz CT molecular complexity index is 293. The summed E-state index contributed by atoms with van der Waals surface area (Å²) in [6.07, 6.45) is 0.548. The summed E-state index contributed by atoms with van der Waals surface area (Å²) in [6, 6.07) is 1.54. The third kappa shape index (κ3) is 3.06. The van der Waals surface area contributed by atoms with Gasteiger partial charge in [0.15, 0.2) is 0 Å². The van der Waals surface area contributed by atoms with Gasteiger partial charge in [0.25, 0.3) is 0 Å². The van der Waals surface area contributed by atoms with Gasteiger partial charge in [0.1, 0.15) is 0 Å². The van der Waals surface area contributed by atoms with Gasteiger partial charge in [-0.3, -0.25) is 0 Å². The molecule has 0 spiro atoms. The average molecular weight is 199 g/mol. The standard InChI is InChI=1S/C8H13N3O3/c1-13-6-5-7(11-8(9)10-6)14-4-2-3-12/h5,12H,2-4H2,1H3,(H2,9,10,11). The number of hydrogen-bond donors (Lipinski definition) is 2. The van der Waals surface area contributed by atoms with Crippen LogP contribution in [-0.4, -0.2) is 35.4 Å². The number of ether oxygens (including phenoxy) is 2. The van der Waals surface area contributed by atoms with Crippen LogP contribution in [0.4, 0.5) is 5.95 Å². The number of aliphatic hydroxyl groups excluding tert-OH is 1. The maximum absolute atomic E-state index is 8.54. The lowest BCUT2D eigenvalue weighted by Crippen LogP contribution is -2.04. The number of nitrogens with two attached hydrogens (primary N) is 1. The van der Waals surface area contributed by atoms with Gasteiger partial charge >= 0.3 is 0 Å². The van der Waals surface area contributed by atoms with Crippen molar-refractivity contribution >= 4 is 5.95 Å². The van der Waals surface area contributed by atoms with Crippen LogP contribution in [0.2, 0.25) is 0 Å². The molecule has 0 amide bonds. The molecular formula is C8H13N3O3. The van der Waals surface area contributed by atoms with E-state index in [1.165, 1.54) is 13.2 Å².